The molecule has 0 radical (unpaired) electrons. The lowest BCUT2D eigenvalue weighted by Gasteiger charge is -2.09. The molecule has 1 aromatic rings. The van der Waals surface area contributed by atoms with Crippen molar-refractivity contribution in [2.45, 2.75) is 39.2 Å². The monoisotopic (exact) mass is 226 g/mol. The summed E-state index contributed by atoms with van der Waals surface area (Å²) < 4.78 is 1.70. The molecule has 0 saturated heterocycles. The minimum absolute atomic E-state index is 0.171. The molecule has 1 fully saturated rings. The van der Waals surface area contributed by atoms with Crippen molar-refractivity contribution < 1.29 is 4.79 Å². The van der Waals surface area contributed by atoms with Crippen LogP contribution < -0.4 is 0 Å². The lowest BCUT2D eigenvalue weighted by atomic mass is 10.0. The van der Waals surface area contributed by atoms with E-state index < -0.39 is 0 Å². The van der Waals surface area contributed by atoms with Crippen molar-refractivity contribution in [2.24, 2.45) is 5.92 Å². The number of hydrogen-bond donors (Lipinski definition) is 0. The third kappa shape index (κ3) is 1.93. The topological polar surface area (TPSA) is 34.9 Å². The van der Waals surface area contributed by atoms with Gasteiger partial charge in [0.2, 0.25) is 0 Å². The molecule has 0 unspecified atom stereocenters. The normalized spacial score (nSPS) is 17.2. The minimum atomic E-state index is 0.171. The van der Waals surface area contributed by atoms with Gasteiger partial charge in [0, 0.05) is 12.5 Å². The fraction of sp³-hybridized carbons (Fsp3) is 0.636. The summed E-state index contributed by atoms with van der Waals surface area (Å²) >= 11 is 5.99. The number of rotatable bonds is 3. The zero-order chi connectivity index (χ0) is 10.8. The van der Waals surface area contributed by atoms with Crippen LogP contribution in [0, 0.1) is 5.92 Å². The Morgan fingerprint density at radius 1 is 1.60 bits per heavy atom. The second-order valence-corrected chi connectivity index (χ2v) is 4.41. The number of hydrogen-bond acceptors (Lipinski definition) is 2. The summed E-state index contributed by atoms with van der Waals surface area (Å²) in [7, 11) is 0. The third-order valence-corrected chi connectivity index (χ3v) is 3.33. The van der Waals surface area contributed by atoms with Gasteiger partial charge in [0.1, 0.15) is 5.69 Å². The van der Waals surface area contributed by atoms with Gasteiger partial charge in [-0.1, -0.05) is 24.4 Å². The highest BCUT2D eigenvalue weighted by Gasteiger charge is 2.27. The Morgan fingerprint density at radius 3 is 2.87 bits per heavy atom. The van der Waals surface area contributed by atoms with Crippen molar-refractivity contribution >= 4 is 17.4 Å². The fourth-order valence-electron chi connectivity index (χ4n) is 2.23. The second kappa shape index (κ2) is 4.35. The lowest BCUT2D eigenvalue weighted by Crippen LogP contribution is -2.17. The molecule has 1 aliphatic carbocycles. The quantitative estimate of drug-likeness (QED) is 0.743. The van der Waals surface area contributed by atoms with E-state index in [0.717, 1.165) is 25.7 Å². The predicted octanol–water partition coefficient (Wildman–Crippen LogP) is 2.93. The summed E-state index contributed by atoms with van der Waals surface area (Å²) in [4.78, 5) is 12.2. The smallest absolute Gasteiger partial charge is 0.185 e. The van der Waals surface area contributed by atoms with E-state index in [4.69, 9.17) is 11.6 Å². The van der Waals surface area contributed by atoms with E-state index in [1.165, 1.54) is 0 Å². The highest BCUT2D eigenvalue weighted by atomic mass is 35.5. The molecule has 15 heavy (non-hydrogen) atoms. The van der Waals surface area contributed by atoms with Gasteiger partial charge in [-0.3, -0.25) is 9.48 Å². The van der Waals surface area contributed by atoms with Crippen LogP contribution in [0.4, 0.5) is 0 Å². The Hall–Kier alpha value is -0.830. The van der Waals surface area contributed by atoms with Crippen molar-refractivity contribution in [2.75, 3.05) is 0 Å². The van der Waals surface area contributed by atoms with E-state index in [1.807, 2.05) is 6.92 Å². The minimum Gasteiger partial charge on any atom is -0.292 e. The largest absolute Gasteiger partial charge is 0.292 e. The number of carbonyl (C=O) groups is 1. The Bertz CT molecular complexity index is 367. The average molecular weight is 227 g/mol. The Labute approximate surface area is 94.4 Å². The molecule has 0 aliphatic heterocycles. The van der Waals surface area contributed by atoms with E-state index in [0.29, 0.717) is 17.3 Å². The van der Waals surface area contributed by atoms with Crippen LogP contribution in [0.2, 0.25) is 5.02 Å². The molecular formula is C11H15ClN2O. The number of carbonyl (C=O) groups excluding carboxylic acids is 1. The number of nitrogens with zero attached hydrogens (tertiary/aromatic N) is 2. The van der Waals surface area contributed by atoms with Crippen molar-refractivity contribution in [3.8, 4) is 0 Å². The van der Waals surface area contributed by atoms with Crippen LogP contribution in [0.15, 0.2) is 6.20 Å². The molecule has 0 N–H and O–H groups in total. The Morgan fingerprint density at radius 2 is 2.27 bits per heavy atom. The maximum Gasteiger partial charge on any atom is 0.185 e. The first kappa shape index (κ1) is 10.7. The van der Waals surface area contributed by atoms with Gasteiger partial charge in [0.05, 0.1) is 11.2 Å². The summed E-state index contributed by atoms with van der Waals surface area (Å²) in [6.45, 7) is 2.66. The number of aromatic nitrogens is 2. The van der Waals surface area contributed by atoms with Crippen LogP contribution in [0.1, 0.15) is 43.1 Å². The summed E-state index contributed by atoms with van der Waals surface area (Å²) in [6, 6.07) is 0. The van der Waals surface area contributed by atoms with Gasteiger partial charge < -0.3 is 0 Å². The van der Waals surface area contributed by atoms with Gasteiger partial charge in [0.25, 0.3) is 0 Å². The van der Waals surface area contributed by atoms with Gasteiger partial charge in [-0.2, -0.15) is 5.10 Å². The maximum absolute atomic E-state index is 12.2. The van der Waals surface area contributed by atoms with Crippen LogP contribution in [-0.4, -0.2) is 15.6 Å². The number of ketones is 1. The van der Waals surface area contributed by atoms with Gasteiger partial charge in [0.15, 0.2) is 5.78 Å². The molecular weight excluding hydrogens is 212 g/mol. The molecule has 0 bridgehead atoms. The highest BCUT2D eigenvalue weighted by Crippen LogP contribution is 2.30. The SMILES string of the molecule is CCn1ncc(Cl)c1C(=O)C1CCCC1. The zero-order valence-corrected chi connectivity index (χ0v) is 9.63. The summed E-state index contributed by atoms with van der Waals surface area (Å²) in [5.41, 5.74) is 0.603. The standard InChI is InChI=1S/C11H15ClN2O/c1-2-14-10(9(12)7-13-14)11(15)8-5-3-4-6-8/h7-8H,2-6H2,1H3. The van der Waals surface area contributed by atoms with E-state index >= 15 is 0 Å². The molecule has 3 nitrogen and oxygen atoms in total. The lowest BCUT2D eigenvalue weighted by molar-refractivity contribution is 0.0912. The van der Waals surface area contributed by atoms with Crippen molar-refractivity contribution in [3.05, 3.63) is 16.9 Å². The fourth-order valence-corrected chi connectivity index (χ4v) is 2.46. The molecule has 0 spiro atoms. The van der Waals surface area contributed by atoms with E-state index in [-0.39, 0.29) is 11.7 Å². The zero-order valence-electron chi connectivity index (χ0n) is 8.87. The molecule has 82 valence electrons. The van der Waals surface area contributed by atoms with Crippen LogP contribution in [-0.2, 0) is 6.54 Å². The Balaban J connectivity index is 2.27. The summed E-state index contributed by atoms with van der Waals surface area (Å²) in [6.07, 6.45) is 5.89. The average Bonchev–Trinajstić information content (AvgIpc) is 2.85. The van der Waals surface area contributed by atoms with Crippen molar-refractivity contribution in [3.63, 3.8) is 0 Å². The van der Waals surface area contributed by atoms with Crippen LogP contribution >= 0.6 is 11.6 Å². The first-order chi connectivity index (χ1) is 7.24. The molecule has 0 amide bonds. The third-order valence-electron chi connectivity index (χ3n) is 3.05. The first-order valence-corrected chi connectivity index (χ1v) is 5.87. The summed E-state index contributed by atoms with van der Waals surface area (Å²) in [5.74, 6) is 0.348. The number of halogens is 1. The van der Waals surface area contributed by atoms with Crippen LogP contribution in [0.25, 0.3) is 0 Å². The van der Waals surface area contributed by atoms with Crippen LogP contribution in [0.3, 0.4) is 0 Å². The summed E-state index contributed by atoms with van der Waals surface area (Å²) in [5, 5.41) is 4.58. The molecule has 2 rings (SSSR count). The maximum atomic E-state index is 12.2. The van der Waals surface area contributed by atoms with E-state index in [1.54, 1.807) is 10.9 Å². The molecule has 1 aliphatic rings. The van der Waals surface area contributed by atoms with E-state index in [9.17, 15) is 4.79 Å². The van der Waals surface area contributed by atoms with Crippen molar-refractivity contribution in [1.29, 1.82) is 0 Å². The van der Waals surface area contributed by atoms with E-state index in [2.05, 4.69) is 5.10 Å². The predicted molar refractivity (Wildman–Crippen MR) is 59.2 cm³/mol. The molecule has 0 aromatic carbocycles. The second-order valence-electron chi connectivity index (χ2n) is 4.00. The highest BCUT2D eigenvalue weighted by molar-refractivity contribution is 6.33. The Kier molecular flexibility index (Phi) is 3.10. The van der Waals surface area contributed by atoms with Crippen molar-refractivity contribution in [1.82, 2.24) is 9.78 Å². The molecule has 1 saturated carbocycles. The molecule has 1 aromatic heterocycles. The van der Waals surface area contributed by atoms with Gasteiger partial charge in [-0.15, -0.1) is 0 Å². The van der Waals surface area contributed by atoms with Gasteiger partial charge >= 0.3 is 0 Å². The number of aryl methyl sites for hydroxylation is 1. The van der Waals surface area contributed by atoms with Gasteiger partial charge in [-0.25, -0.2) is 0 Å². The number of Topliss-reactive ketones (excluding diaryl/α,β-unsaturated/α-hetero) is 1. The van der Waals surface area contributed by atoms with Gasteiger partial charge in [-0.05, 0) is 19.8 Å². The molecule has 4 heteroatoms. The van der Waals surface area contributed by atoms with Crippen LogP contribution in [0.5, 0.6) is 0 Å². The molecule has 1 heterocycles. The first-order valence-electron chi connectivity index (χ1n) is 5.49. The molecule has 0 atom stereocenters.